The first-order valence-corrected chi connectivity index (χ1v) is 13.0. The number of halogens is 3. The van der Waals surface area contributed by atoms with Crippen molar-refractivity contribution in [1.82, 2.24) is 9.80 Å². The molecule has 3 nitrogen and oxygen atoms in total. The van der Waals surface area contributed by atoms with E-state index in [1.54, 1.807) is 0 Å². The number of alkyl halides is 3. The highest BCUT2D eigenvalue weighted by Crippen LogP contribution is 2.30. The van der Waals surface area contributed by atoms with E-state index in [-0.39, 0.29) is 18.4 Å². The Kier molecular flexibility index (Phi) is 10.1. The molecule has 1 aromatic rings. The van der Waals surface area contributed by atoms with Crippen LogP contribution in [-0.4, -0.2) is 47.9 Å². The van der Waals surface area contributed by atoms with Gasteiger partial charge in [-0.3, -0.25) is 9.69 Å². The highest BCUT2D eigenvalue weighted by molar-refractivity contribution is 5.79. The minimum Gasteiger partial charge on any atom is -0.341 e. The Bertz CT molecular complexity index is 713. The van der Waals surface area contributed by atoms with E-state index >= 15 is 0 Å². The molecule has 2 aliphatic rings. The SMILES string of the molecule is CN(C(=O)Cc1ccc(C(F)(F)F)cc1)C1CCCCCCCCCCC1N1CCCCC1. The van der Waals surface area contributed by atoms with E-state index in [0.717, 1.165) is 44.5 Å². The molecule has 1 saturated carbocycles. The van der Waals surface area contributed by atoms with Gasteiger partial charge in [-0.15, -0.1) is 0 Å². The Hall–Kier alpha value is -1.56. The van der Waals surface area contributed by atoms with E-state index in [0.29, 0.717) is 11.6 Å². The summed E-state index contributed by atoms with van der Waals surface area (Å²) in [6, 6.07) is 5.59. The zero-order valence-electron chi connectivity index (χ0n) is 20.2. The standard InChI is InChI=1S/C27H41F3N2O/c1-31(26(33)21-22-15-17-23(18-16-22)27(28,29)30)24-13-9-6-4-2-3-5-7-10-14-25(24)32-19-11-8-12-20-32/h15-18,24-25H,2-14,19-21H2,1H3. The molecule has 3 rings (SSSR count). The molecule has 1 amide bonds. The summed E-state index contributed by atoms with van der Waals surface area (Å²) < 4.78 is 38.6. The van der Waals surface area contributed by atoms with Crippen LogP contribution in [0.4, 0.5) is 13.2 Å². The Labute approximate surface area is 197 Å². The number of likely N-dealkylation sites (N-methyl/N-ethyl adjacent to an activating group) is 1. The Morgan fingerprint density at radius 1 is 0.848 bits per heavy atom. The smallest absolute Gasteiger partial charge is 0.341 e. The lowest BCUT2D eigenvalue weighted by atomic mass is 9.90. The van der Waals surface area contributed by atoms with Gasteiger partial charge in [0.25, 0.3) is 0 Å². The molecule has 0 spiro atoms. The molecule has 2 unspecified atom stereocenters. The van der Waals surface area contributed by atoms with Crippen LogP contribution in [-0.2, 0) is 17.4 Å². The third-order valence-electron chi connectivity index (χ3n) is 7.58. The van der Waals surface area contributed by atoms with Gasteiger partial charge in [-0.2, -0.15) is 13.2 Å². The fourth-order valence-electron chi connectivity index (χ4n) is 5.58. The summed E-state index contributed by atoms with van der Waals surface area (Å²) in [5, 5.41) is 0. The largest absolute Gasteiger partial charge is 0.416 e. The van der Waals surface area contributed by atoms with Crippen LogP contribution in [0.15, 0.2) is 24.3 Å². The molecule has 1 heterocycles. The second-order valence-electron chi connectivity index (χ2n) is 10.0. The van der Waals surface area contributed by atoms with Gasteiger partial charge in [0.05, 0.1) is 12.0 Å². The van der Waals surface area contributed by atoms with E-state index in [1.165, 1.54) is 76.3 Å². The molecule has 0 aromatic heterocycles. The first kappa shape index (κ1) is 26.1. The number of benzene rings is 1. The van der Waals surface area contributed by atoms with Crippen LogP contribution >= 0.6 is 0 Å². The van der Waals surface area contributed by atoms with Gasteiger partial charge in [-0.05, 0) is 56.5 Å². The second kappa shape index (κ2) is 12.8. The highest BCUT2D eigenvalue weighted by Gasteiger charge is 2.33. The number of nitrogens with zero attached hydrogens (tertiary/aromatic N) is 2. The molecule has 0 bridgehead atoms. The molecule has 1 aromatic carbocycles. The van der Waals surface area contributed by atoms with Crippen molar-refractivity contribution in [3.63, 3.8) is 0 Å². The number of carbonyl (C=O) groups excluding carboxylic acids is 1. The maximum atomic E-state index is 13.3. The fraction of sp³-hybridized carbons (Fsp3) is 0.741. The van der Waals surface area contributed by atoms with Crippen LogP contribution in [0.3, 0.4) is 0 Å². The summed E-state index contributed by atoms with van der Waals surface area (Å²) >= 11 is 0. The lowest BCUT2D eigenvalue weighted by molar-refractivity contribution is -0.137. The number of piperidine rings is 1. The zero-order chi connectivity index (χ0) is 23.7. The summed E-state index contributed by atoms with van der Waals surface area (Å²) in [6.07, 6.45) is 11.7. The monoisotopic (exact) mass is 466 g/mol. The number of hydrogen-bond donors (Lipinski definition) is 0. The van der Waals surface area contributed by atoms with Gasteiger partial charge in [-0.25, -0.2) is 0 Å². The Morgan fingerprint density at radius 3 is 1.94 bits per heavy atom. The first-order valence-electron chi connectivity index (χ1n) is 13.0. The minimum absolute atomic E-state index is 0.00821. The van der Waals surface area contributed by atoms with Gasteiger partial charge in [0.15, 0.2) is 0 Å². The minimum atomic E-state index is -4.35. The molecule has 0 N–H and O–H groups in total. The second-order valence-corrected chi connectivity index (χ2v) is 10.0. The van der Waals surface area contributed by atoms with Crippen molar-refractivity contribution >= 4 is 5.91 Å². The summed E-state index contributed by atoms with van der Waals surface area (Å²) in [7, 11) is 1.92. The number of rotatable bonds is 4. The number of carbonyl (C=O) groups is 1. The molecule has 2 fully saturated rings. The quantitative estimate of drug-likeness (QED) is 0.485. The third kappa shape index (κ3) is 8.01. The van der Waals surface area contributed by atoms with E-state index in [4.69, 9.17) is 0 Å². The topological polar surface area (TPSA) is 23.6 Å². The van der Waals surface area contributed by atoms with Crippen LogP contribution in [0.1, 0.15) is 94.6 Å². The molecule has 1 aliphatic carbocycles. The van der Waals surface area contributed by atoms with Crippen molar-refractivity contribution < 1.29 is 18.0 Å². The molecule has 33 heavy (non-hydrogen) atoms. The normalized spacial score (nSPS) is 24.5. The van der Waals surface area contributed by atoms with Gasteiger partial charge in [0, 0.05) is 19.1 Å². The van der Waals surface area contributed by atoms with Crippen molar-refractivity contribution in [2.75, 3.05) is 20.1 Å². The highest BCUT2D eigenvalue weighted by atomic mass is 19.4. The predicted octanol–water partition coefficient (Wildman–Crippen LogP) is 6.84. The maximum Gasteiger partial charge on any atom is 0.416 e. The van der Waals surface area contributed by atoms with Gasteiger partial charge in [-0.1, -0.05) is 69.9 Å². The predicted molar refractivity (Wildman–Crippen MR) is 127 cm³/mol. The van der Waals surface area contributed by atoms with E-state index < -0.39 is 11.7 Å². The van der Waals surface area contributed by atoms with Crippen LogP contribution in [0, 0.1) is 0 Å². The lowest BCUT2D eigenvalue weighted by Crippen LogP contribution is -2.54. The Morgan fingerprint density at radius 2 is 1.36 bits per heavy atom. The molecule has 2 atom stereocenters. The molecular weight excluding hydrogens is 425 g/mol. The summed E-state index contributed by atoms with van der Waals surface area (Å²) in [5.74, 6) is 0.00821. The zero-order valence-corrected chi connectivity index (χ0v) is 20.2. The molecule has 186 valence electrons. The maximum absolute atomic E-state index is 13.3. The van der Waals surface area contributed by atoms with Gasteiger partial charge in [0.2, 0.25) is 5.91 Å². The third-order valence-corrected chi connectivity index (χ3v) is 7.58. The summed E-state index contributed by atoms with van der Waals surface area (Å²) in [6.45, 7) is 2.23. The van der Waals surface area contributed by atoms with Crippen molar-refractivity contribution in [3.8, 4) is 0 Å². The average Bonchev–Trinajstić information content (AvgIpc) is 2.79. The van der Waals surface area contributed by atoms with Crippen molar-refractivity contribution in [2.45, 2.75) is 108 Å². The molecule has 0 radical (unpaired) electrons. The lowest BCUT2D eigenvalue weighted by Gasteiger charge is -2.43. The van der Waals surface area contributed by atoms with Crippen LogP contribution in [0.5, 0.6) is 0 Å². The van der Waals surface area contributed by atoms with Gasteiger partial charge >= 0.3 is 6.18 Å². The van der Waals surface area contributed by atoms with Crippen molar-refractivity contribution in [2.24, 2.45) is 0 Å². The number of hydrogen-bond acceptors (Lipinski definition) is 2. The molecule has 1 aliphatic heterocycles. The average molecular weight is 467 g/mol. The van der Waals surface area contributed by atoms with E-state index in [1.807, 2.05) is 11.9 Å². The van der Waals surface area contributed by atoms with E-state index in [9.17, 15) is 18.0 Å². The summed E-state index contributed by atoms with van der Waals surface area (Å²) in [4.78, 5) is 17.8. The molecular formula is C27H41F3N2O. The summed E-state index contributed by atoms with van der Waals surface area (Å²) in [5.41, 5.74) is -0.0286. The Balaban J connectivity index is 1.72. The number of likely N-dealkylation sites (tertiary alicyclic amines) is 1. The first-order chi connectivity index (χ1) is 15.9. The fourth-order valence-corrected chi connectivity index (χ4v) is 5.58. The van der Waals surface area contributed by atoms with Crippen molar-refractivity contribution in [3.05, 3.63) is 35.4 Å². The molecule has 6 heteroatoms. The van der Waals surface area contributed by atoms with Crippen molar-refractivity contribution in [1.29, 1.82) is 0 Å². The van der Waals surface area contributed by atoms with E-state index in [2.05, 4.69) is 4.90 Å². The van der Waals surface area contributed by atoms with Crippen LogP contribution in [0.25, 0.3) is 0 Å². The molecule has 1 saturated heterocycles. The number of amides is 1. The van der Waals surface area contributed by atoms with Crippen LogP contribution in [0.2, 0.25) is 0 Å². The van der Waals surface area contributed by atoms with Crippen LogP contribution < -0.4 is 0 Å². The van der Waals surface area contributed by atoms with Gasteiger partial charge in [0.1, 0.15) is 0 Å². The van der Waals surface area contributed by atoms with Gasteiger partial charge < -0.3 is 4.90 Å².